The van der Waals surface area contributed by atoms with E-state index in [2.05, 4.69) is 5.32 Å². The Bertz CT molecular complexity index is 928. The number of amides is 1. The van der Waals surface area contributed by atoms with Crippen LogP contribution in [0.4, 0.5) is 4.39 Å². The highest BCUT2D eigenvalue weighted by atomic mass is 32.2. The molecule has 6 nitrogen and oxygen atoms in total. The number of carbonyl (C=O) groups excluding carboxylic acids is 1. The molecule has 2 rings (SSSR count). The Morgan fingerprint density at radius 2 is 1.82 bits per heavy atom. The highest BCUT2D eigenvalue weighted by Gasteiger charge is 2.19. The average Bonchev–Trinajstić information content (AvgIpc) is 2.66. The van der Waals surface area contributed by atoms with Crippen LogP contribution in [-0.2, 0) is 21.2 Å². The summed E-state index contributed by atoms with van der Waals surface area (Å²) in [6, 6.07) is 10.3. The Morgan fingerprint density at radius 3 is 2.39 bits per heavy atom. The molecule has 0 saturated heterocycles. The van der Waals surface area contributed by atoms with E-state index in [0.717, 1.165) is 9.87 Å². The van der Waals surface area contributed by atoms with E-state index in [9.17, 15) is 17.6 Å². The lowest BCUT2D eigenvalue weighted by Crippen LogP contribution is -2.27. The average molecular weight is 408 g/mol. The number of halogens is 1. The van der Waals surface area contributed by atoms with Crippen LogP contribution >= 0.6 is 0 Å². The van der Waals surface area contributed by atoms with Crippen LogP contribution in [0.2, 0.25) is 0 Å². The monoisotopic (exact) mass is 408 g/mol. The van der Waals surface area contributed by atoms with E-state index < -0.39 is 10.0 Å². The standard InChI is InChI=1S/C20H25FN2O4S/c1-14(15-5-8-17(21)9-6-15)22-20(24)12-7-16-13-18(10-11-19(16)27-4)28(25,26)23(2)3/h5-6,8-11,13-14H,7,12H2,1-4H3,(H,22,24)/t14-/m1/s1. The largest absolute Gasteiger partial charge is 0.496 e. The highest BCUT2D eigenvalue weighted by molar-refractivity contribution is 7.89. The van der Waals surface area contributed by atoms with Gasteiger partial charge in [0.1, 0.15) is 11.6 Å². The first kappa shape index (κ1) is 21.8. The van der Waals surface area contributed by atoms with Gasteiger partial charge < -0.3 is 10.1 Å². The summed E-state index contributed by atoms with van der Waals surface area (Å²) >= 11 is 0. The number of carbonyl (C=O) groups is 1. The zero-order valence-corrected chi connectivity index (χ0v) is 17.2. The van der Waals surface area contributed by atoms with Crippen molar-refractivity contribution >= 4 is 15.9 Å². The molecule has 0 heterocycles. The SMILES string of the molecule is COc1ccc(S(=O)(=O)N(C)C)cc1CCC(=O)N[C@H](C)c1ccc(F)cc1. The Balaban J connectivity index is 2.08. The topological polar surface area (TPSA) is 75.7 Å². The first-order valence-corrected chi connectivity index (χ1v) is 10.2. The lowest BCUT2D eigenvalue weighted by molar-refractivity contribution is -0.121. The Morgan fingerprint density at radius 1 is 1.18 bits per heavy atom. The number of sulfonamides is 1. The van der Waals surface area contributed by atoms with Gasteiger partial charge in [0, 0.05) is 20.5 Å². The molecule has 152 valence electrons. The first-order valence-electron chi connectivity index (χ1n) is 8.79. The first-order chi connectivity index (χ1) is 13.1. The van der Waals surface area contributed by atoms with Gasteiger partial charge in [0.05, 0.1) is 18.0 Å². The molecule has 1 amide bonds. The predicted octanol–water partition coefficient (Wildman–Crippen LogP) is 2.89. The second kappa shape index (κ2) is 9.16. The predicted molar refractivity (Wildman–Crippen MR) is 105 cm³/mol. The number of ether oxygens (including phenoxy) is 1. The van der Waals surface area contributed by atoms with Gasteiger partial charge in [0.15, 0.2) is 0 Å². The Hall–Kier alpha value is -2.45. The fourth-order valence-corrected chi connectivity index (χ4v) is 3.67. The van der Waals surface area contributed by atoms with E-state index in [1.54, 1.807) is 18.2 Å². The van der Waals surface area contributed by atoms with Crippen LogP contribution in [-0.4, -0.2) is 39.8 Å². The van der Waals surface area contributed by atoms with Gasteiger partial charge in [-0.15, -0.1) is 0 Å². The molecule has 0 fully saturated rings. The minimum atomic E-state index is -3.57. The number of methoxy groups -OCH3 is 1. The quantitative estimate of drug-likeness (QED) is 0.729. The maximum atomic E-state index is 13.0. The van der Waals surface area contributed by atoms with E-state index in [-0.39, 0.29) is 29.1 Å². The molecular weight excluding hydrogens is 383 g/mol. The van der Waals surface area contributed by atoms with Crippen LogP contribution in [0.3, 0.4) is 0 Å². The summed E-state index contributed by atoms with van der Waals surface area (Å²) in [7, 11) is 0.844. The van der Waals surface area contributed by atoms with Crippen molar-refractivity contribution < 1.29 is 22.3 Å². The van der Waals surface area contributed by atoms with Crippen LogP contribution in [0, 0.1) is 5.82 Å². The molecule has 0 bridgehead atoms. The Kier molecular flexibility index (Phi) is 7.15. The molecule has 0 saturated carbocycles. The van der Waals surface area contributed by atoms with Crippen molar-refractivity contribution in [2.45, 2.75) is 30.7 Å². The minimum Gasteiger partial charge on any atom is -0.496 e. The molecule has 0 radical (unpaired) electrons. The molecule has 0 aliphatic carbocycles. The lowest BCUT2D eigenvalue weighted by atomic mass is 10.1. The zero-order valence-electron chi connectivity index (χ0n) is 16.4. The summed E-state index contributed by atoms with van der Waals surface area (Å²) in [5.41, 5.74) is 1.43. The van der Waals surface area contributed by atoms with Gasteiger partial charge in [-0.2, -0.15) is 0 Å². The number of hydrogen-bond acceptors (Lipinski definition) is 4. The fourth-order valence-electron chi connectivity index (χ4n) is 2.72. The number of benzene rings is 2. The van der Waals surface area contributed by atoms with Crippen molar-refractivity contribution in [1.29, 1.82) is 0 Å². The van der Waals surface area contributed by atoms with Crippen molar-refractivity contribution in [3.8, 4) is 5.75 Å². The molecule has 1 N–H and O–H groups in total. The number of hydrogen-bond donors (Lipinski definition) is 1. The van der Waals surface area contributed by atoms with Crippen molar-refractivity contribution in [1.82, 2.24) is 9.62 Å². The van der Waals surface area contributed by atoms with Crippen molar-refractivity contribution in [2.24, 2.45) is 0 Å². The molecule has 8 heteroatoms. The van der Waals surface area contributed by atoms with Crippen LogP contribution in [0.5, 0.6) is 5.75 Å². The third-order valence-electron chi connectivity index (χ3n) is 4.40. The van der Waals surface area contributed by atoms with Gasteiger partial charge in [-0.05, 0) is 54.8 Å². The molecular formula is C20H25FN2O4S. The van der Waals surface area contributed by atoms with E-state index >= 15 is 0 Å². The van der Waals surface area contributed by atoms with Gasteiger partial charge in [-0.25, -0.2) is 17.1 Å². The van der Waals surface area contributed by atoms with Gasteiger partial charge in [0.25, 0.3) is 0 Å². The molecule has 2 aromatic rings. The van der Waals surface area contributed by atoms with E-state index in [1.807, 2.05) is 6.92 Å². The Labute approximate surface area is 165 Å². The summed E-state index contributed by atoms with van der Waals surface area (Å²) in [5, 5.41) is 2.86. The smallest absolute Gasteiger partial charge is 0.242 e. The molecule has 1 atom stereocenters. The normalized spacial score (nSPS) is 12.6. The number of nitrogens with one attached hydrogen (secondary N) is 1. The van der Waals surface area contributed by atoms with Gasteiger partial charge in [-0.3, -0.25) is 4.79 Å². The second-order valence-corrected chi connectivity index (χ2v) is 8.75. The number of nitrogens with zero attached hydrogens (tertiary/aromatic N) is 1. The molecule has 2 aromatic carbocycles. The van der Waals surface area contributed by atoms with Crippen LogP contribution in [0.15, 0.2) is 47.4 Å². The van der Waals surface area contributed by atoms with E-state index in [4.69, 9.17) is 4.74 Å². The van der Waals surface area contributed by atoms with E-state index in [0.29, 0.717) is 17.7 Å². The molecule has 28 heavy (non-hydrogen) atoms. The maximum absolute atomic E-state index is 13.0. The van der Waals surface area contributed by atoms with Crippen molar-refractivity contribution in [3.05, 3.63) is 59.4 Å². The molecule has 0 unspecified atom stereocenters. The fraction of sp³-hybridized carbons (Fsp3) is 0.350. The lowest BCUT2D eigenvalue weighted by Gasteiger charge is -2.16. The van der Waals surface area contributed by atoms with Crippen molar-refractivity contribution in [2.75, 3.05) is 21.2 Å². The second-order valence-electron chi connectivity index (χ2n) is 6.60. The highest BCUT2D eigenvalue weighted by Crippen LogP contribution is 2.25. The summed E-state index contributed by atoms with van der Waals surface area (Å²) < 4.78 is 44.1. The molecule has 0 spiro atoms. The molecule has 0 aliphatic rings. The van der Waals surface area contributed by atoms with Crippen molar-refractivity contribution in [3.63, 3.8) is 0 Å². The van der Waals surface area contributed by atoms with Crippen LogP contribution < -0.4 is 10.1 Å². The number of rotatable bonds is 8. The van der Waals surface area contributed by atoms with Gasteiger partial charge in [-0.1, -0.05) is 12.1 Å². The summed E-state index contributed by atoms with van der Waals surface area (Å²) in [6.45, 7) is 1.82. The third kappa shape index (κ3) is 5.30. The van der Waals surface area contributed by atoms with E-state index in [1.165, 1.54) is 45.5 Å². The number of aryl methyl sites for hydroxylation is 1. The maximum Gasteiger partial charge on any atom is 0.242 e. The summed E-state index contributed by atoms with van der Waals surface area (Å²) in [6.07, 6.45) is 0.481. The van der Waals surface area contributed by atoms with Crippen LogP contribution in [0.1, 0.15) is 30.5 Å². The van der Waals surface area contributed by atoms with Crippen LogP contribution in [0.25, 0.3) is 0 Å². The van der Waals surface area contributed by atoms with Gasteiger partial charge >= 0.3 is 0 Å². The minimum absolute atomic E-state index is 0.147. The third-order valence-corrected chi connectivity index (χ3v) is 6.21. The molecule has 0 aliphatic heterocycles. The molecule has 0 aromatic heterocycles. The summed E-state index contributed by atoms with van der Waals surface area (Å²) in [5.74, 6) is -0.00114. The zero-order chi connectivity index (χ0) is 20.9. The van der Waals surface area contributed by atoms with Gasteiger partial charge in [0.2, 0.25) is 15.9 Å². The summed E-state index contributed by atoms with van der Waals surface area (Å²) in [4.78, 5) is 12.5.